The molecule has 1 aliphatic heterocycles. The third-order valence-electron chi connectivity index (χ3n) is 6.18. The summed E-state index contributed by atoms with van der Waals surface area (Å²) in [7, 11) is 1.61. The van der Waals surface area contributed by atoms with Crippen molar-refractivity contribution >= 4 is 11.6 Å². The predicted octanol–water partition coefficient (Wildman–Crippen LogP) is 2.64. The normalized spacial score (nSPS) is 14.6. The van der Waals surface area contributed by atoms with Crippen LogP contribution in [0.25, 0.3) is 16.9 Å². The average Bonchev–Trinajstić information content (AvgIpc) is 3.31. The Labute approximate surface area is 190 Å². The molecule has 5 rings (SSSR count). The van der Waals surface area contributed by atoms with E-state index in [0.717, 1.165) is 58.2 Å². The Morgan fingerprint density at radius 3 is 2.82 bits per heavy atom. The van der Waals surface area contributed by atoms with Crippen LogP contribution in [0.3, 0.4) is 0 Å². The van der Waals surface area contributed by atoms with Crippen molar-refractivity contribution < 1.29 is 9.26 Å². The smallest absolute Gasteiger partial charge is 0.351 e. The van der Waals surface area contributed by atoms with Gasteiger partial charge in [-0.3, -0.25) is 4.98 Å². The van der Waals surface area contributed by atoms with Crippen LogP contribution < -0.4 is 10.6 Å². The average molecular weight is 450 g/mol. The number of fused-ring (bicyclic) bond motifs is 2. The molecule has 5 heterocycles. The lowest BCUT2D eigenvalue weighted by Gasteiger charge is -2.30. The molecule has 0 saturated carbocycles. The van der Waals surface area contributed by atoms with Gasteiger partial charge in [0.15, 0.2) is 0 Å². The summed E-state index contributed by atoms with van der Waals surface area (Å²) < 4.78 is 13.5. The van der Waals surface area contributed by atoms with Crippen LogP contribution in [0.15, 0.2) is 27.8 Å². The number of hydrogen-bond acceptors (Lipinski definition) is 8. The molecule has 0 N–H and O–H groups in total. The van der Waals surface area contributed by atoms with Gasteiger partial charge in [-0.05, 0) is 39.3 Å². The Balaban J connectivity index is 1.50. The molecule has 33 heavy (non-hydrogen) atoms. The van der Waals surface area contributed by atoms with Crippen LogP contribution in [0.4, 0.5) is 5.82 Å². The van der Waals surface area contributed by atoms with Crippen LogP contribution in [0.1, 0.15) is 41.2 Å². The third-order valence-corrected chi connectivity index (χ3v) is 6.18. The van der Waals surface area contributed by atoms with Gasteiger partial charge < -0.3 is 14.2 Å². The molecule has 0 fully saturated rings. The summed E-state index contributed by atoms with van der Waals surface area (Å²) in [4.78, 5) is 24.5. The third kappa shape index (κ3) is 3.60. The lowest BCUT2D eigenvalue weighted by Crippen LogP contribution is -2.32. The van der Waals surface area contributed by atoms with E-state index in [1.807, 2.05) is 40.1 Å². The minimum Gasteiger partial charge on any atom is -0.382 e. The van der Waals surface area contributed by atoms with Gasteiger partial charge in [-0.2, -0.15) is 4.98 Å². The molecule has 0 amide bonds. The van der Waals surface area contributed by atoms with Crippen molar-refractivity contribution in [1.29, 1.82) is 0 Å². The van der Waals surface area contributed by atoms with Crippen molar-refractivity contribution in [1.82, 2.24) is 29.3 Å². The lowest BCUT2D eigenvalue weighted by atomic mass is 9.99. The molecular formula is C23H27N7O3. The van der Waals surface area contributed by atoms with E-state index in [2.05, 4.69) is 21.2 Å². The number of rotatable bonds is 5. The molecule has 1 atom stereocenters. The quantitative estimate of drug-likeness (QED) is 0.458. The largest absolute Gasteiger partial charge is 0.382 e. The number of hydrogen-bond donors (Lipinski definition) is 0. The van der Waals surface area contributed by atoms with E-state index in [4.69, 9.17) is 19.2 Å². The first-order chi connectivity index (χ1) is 15.9. The summed E-state index contributed by atoms with van der Waals surface area (Å²) in [6.07, 6.45) is 4.53. The molecule has 1 aliphatic rings. The van der Waals surface area contributed by atoms with Crippen LogP contribution in [0, 0.1) is 20.8 Å². The van der Waals surface area contributed by atoms with Crippen molar-refractivity contribution in [2.45, 2.75) is 46.7 Å². The highest BCUT2D eigenvalue weighted by molar-refractivity contribution is 5.68. The fourth-order valence-electron chi connectivity index (χ4n) is 4.56. The summed E-state index contributed by atoms with van der Waals surface area (Å²) >= 11 is 0. The van der Waals surface area contributed by atoms with E-state index < -0.39 is 0 Å². The van der Waals surface area contributed by atoms with Crippen molar-refractivity contribution in [3.05, 3.63) is 57.2 Å². The van der Waals surface area contributed by atoms with E-state index in [-0.39, 0.29) is 11.7 Å². The first-order valence-electron chi connectivity index (χ1n) is 11.0. The molecule has 0 bridgehead atoms. The number of aromatic nitrogens is 6. The van der Waals surface area contributed by atoms with Gasteiger partial charge in [0.1, 0.15) is 11.6 Å². The molecule has 4 aromatic rings. The van der Waals surface area contributed by atoms with Gasteiger partial charge in [-0.1, -0.05) is 5.16 Å². The minimum absolute atomic E-state index is 0.177. The van der Waals surface area contributed by atoms with E-state index in [1.54, 1.807) is 7.11 Å². The van der Waals surface area contributed by atoms with Gasteiger partial charge in [-0.25, -0.2) is 13.9 Å². The maximum atomic E-state index is 12.8. The lowest BCUT2D eigenvalue weighted by molar-refractivity contribution is 0.155. The van der Waals surface area contributed by atoms with Crippen LogP contribution in [-0.2, 0) is 17.7 Å². The summed E-state index contributed by atoms with van der Waals surface area (Å²) in [5.74, 6) is 2.00. The molecule has 0 radical (unpaired) electrons. The molecule has 10 nitrogen and oxygen atoms in total. The molecule has 0 aliphatic carbocycles. The second-order valence-electron chi connectivity index (χ2n) is 8.65. The van der Waals surface area contributed by atoms with Gasteiger partial charge in [0.2, 0.25) is 0 Å². The number of aryl methyl sites for hydroxylation is 3. The molecule has 10 heteroatoms. The van der Waals surface area contributed by atoms with Gasteiger partial charge in [0.25, 0.3) is 5.78 Å². The Bertz CT molecular complexity index is 1380. The first-order valence-corrected chi connectivity index (χ1v) is 11.0. The van der Waals surface area contributed by atoms with Gasteiger partial charge in [0, 0.05) is 61.4 Å². The summed E-state index contributed by atoms with van der Waals surface area (Å²) in [5, 5.41) is 8.53. The van der Waals surface area contributed by atoms with Crippen molar-refractivity contribution in [2.75, 3.05) is 25.2 Å². The second-order valence-corrected chi connectivity index (χ2v) is 8.65. The van der Waals surface area contributed by atoms with Crippen LogP contribution >= 0.6 is 0 Å². The molecule has 172 valence electrons. The maximum absolute atomic E-state index is 12.8. The Kier molecular flexibility index (Phi) is 5.24. The molecule has 0 saturated heterocycles. The zero-order valence-corrected chi connectivity index (χ0v) is 19.5. The standard InChI is InChI=1S/C23H27N7O3/c1-13-10-29-22(26-30(23(29)31)14(2)12-32-5)25-21(13)28-7-6-19-18(11-28)8-17(9-24-19)20-15(3)27-33-16(20)4/h8-10,14H,6-7,11-12H2,1-5H3. The fourth-order valence-corrected chi connectivity index (χ4v) is 4.56. The number of nitrogens with zero attached hydrogens (tertiary/aromatic N) is 7. The summed E-state index contributed by atoms with van der Waals surface area (Å²) in [6.45, 7) is 9.59. The highest BCUT2D eigenvalue weighted by atomic mass is 16.5. The van der Waals surface area contributed by atoms with Crippen LogP contribution in [-0.4, -0.2) is 49.6 Å². The maximum Gasteiger partial charge on any atom is 0.351 e. The topological polar surface area (TPSA) is 104 Å². The monoisotopic (exact) mass is 449 g/mol. The predicted molar refractivity (Wildman–Crippen MR) is 123 cm³/mol. The Hall–Kier alpha value is -3.53. The van der Waals surface area contributed by atoms with Crippen LogP contribution in [0.5, 0.6) is 0 Å². The van der Waals surface area contributed by atoms with E-state index in [0.29, 0.717) is 18.9 Å². The highest BCUT2D eigenvalue weighted by Crippen LogP contribution is 2.31. The molecule has 4 aromatic heterocycles. The molecule has 1 unspecified atom stereocenters. The van der Waals surface area contributed by atoms with Crippen molar-refractivity contribution in [3.63, 3.8) is 0 Å². The Morgan fingerprint density at radius 1 is 1.27 bits per heavy atom. The summed E-state index contributed by atoms with van der Waals surface area (Å²) in [6, 6.07) is 1.99. The van der Waals surface area contributed by atoms with Gasteiger partial charge in [0.05, 0.1) is 18.3 Å². The van der Waals surface area contributed by atoms with E-state index in [9.17, 15) is 4.79 Å². The van der Waals surface area contributed by atoms with Crippen molar-refractivity contribution in [3.8, 4) is 11.1 Å². The Morgan fingerprint density at radius 2 is 2.09 bits per heavy atom. The summed E-state index contributed by atoms with van der Waals surface area (Å²) in [5.41, 5.74) is 5.80. The molecule has 0 aromatic carbocycles. The van der Waals surface area contributed by atoms with Crippen LogP contribution in [0.2, 0.25) is 0 Å². The number of anilines is 1. The highest BCUT2D eigenvalue weighted by Gasteiger charge is 2.23. The van der Waals surface area contributed by atoms with Gasteiger partial charge >= 0.3 is 5.69 Å². The molecular weight excluding hydrogens is 422 g/mol. The zero-order valence-electron chi connectivity index (χ0n) is 19.5. The van der Waals surface area contributed by atoms with E-state index in [1.165, 1.54) is 9.08 Å². The number of pyridine rings is 1. The SMILES string of the molecule is COCC(C)n1nc2nc(N3CCc4ncc(-c5c(C)noc5C)cc4C3)c(C)cn2c1=O. The second kappa shape index (κ2) is 8.11. The van der Waals surface area contributed by atoms with E-state index >= 15 is 0 Å². The van der Waals surface area contributed by atoms with Gasteiger partial charge in [-0.15, -0.1) is 5.10 Å². The van der Waals surface area contributed by atoms with Crippen molar-refractivity contribution in [2.24, 2.45) is 0 Å². The minimum atomic E-state index is -0.214. The first kappa shape index (κ1) is 21.3. The molecule has 0 spiro atoms. The number of methoxy groups -OCH3 is 1. The number of ether oxygens (including phenoxy) is 1. The fraction of sp³-hybridized carbons (Fsp3) is 0.435. The zero-order chi connectivity index (χ0) is 23.3.